The van der Waals surface area contributed by atoms with Crippen molar-refractivity contribution in [1.29, 1.82) is 0 Å². The van der Waals surface area contributed by atoms with Gasteiger partial charge >= 0.3 is 0 Å². The molecule has 1 nitrogen and oxygen atoms in total. The molecule has 25 valence electrons. The molecule has 2 N–H and O–H groups in total. The Kier molecular flexibility index (Phi) is 421. The summed E-state index contributed by atoms with van der Waals surface area (Å²) in [5, 5.41) is 0. The maximum atomic E-state index is 0. The minimum absolute atomic E-state index is 0. The Balaban J connectivity index is 0. The Morgan fingerprint density at radius 3 is 0.400 bits per heavy atom. The standard InChI is InChI=1S/Al.6K.H2O.2Si/h;;;;;;;1H2;;. The van der Waals surface area contributed by atoms with Crippen LogP contribution in [-0.4, -0.2) is 353 Å². The molecule has 10 heavy (non-hydrogen) atoms. The fraction of sp³-hybridized carbons (Fsp3) is 0. The minimum Gasteiger partial charge on any atom is -0.412 e. The summed E-state index contributed by atoms with van der Waals surface area (Å²) >= 11 is 0. The van der Waals surface area contributed by atoms with E-state index >= 15 is 0 Å². The molecule has 0 amide bonds. The van der Waals surface area contributed by atoms with Gasteiger partial charge in [0, 0.05) is 348 Å². The van der Waals surface area contributed by atoms with Crippen LogP contribution in [0.2, 0.25) is 0 Å². The van der Waals surface area contributed by atoms with E-state index < -0.39 is 0 Å². The molecule has 0 saturated heterocycles. The van der Waals surface area contributed by atoms with Crippen LogP contribution in [-0.2, 0) is 0 Å². The first-order valence-corrected chi connectivity index (χ1v) is 0. The van der Waals surface area contributed by atoms with Gasteiger partial charge in [0.15, 0.2) is 0 Å². The summed E-state index contributed by atoms with van der Waals surface area (Å²) in [6.45, 7) is 0. The first-order chi connectivity index (χ1) is 0. The first-order valence-electron chi connectivity index (χ1n) is 0. The van der Waals surface area contributed by atoms with Crippen molar-refractivity contribution >= 4 is 348 Å². The topological polar surface area (TPSA) is 31.5 Å². The van der Waals surface area contributed by atoms with Gasteiger partial charge in [-0.15, -0.1) is 0 Å². The van der Waals surface area contributed by atoms with Crippen LogP contribution in [0.15, 0.2) is 0 Å². The van der Waals surface area contributed by atoms with Gasteiger partial charge in [0.25, 0.3) is 0 Å². The molecule has 0 heterocycles. The van der Waals surface area contributed by atoms with Crippen LogP contribution in [0.4, 0.5) is 0 Å². The van der Waals surface area contributed by atoms with Crippen LogP contribution in [0, 0.1) is 0 Å². The first kappa shape index (κ1) is 70.1. The van der Waals surface area contributed by atoms with Crippen LogP contribution in [0.5, 0.6) is 0 Å². The predicted molar refractivity (Wildman–Crippen MR) is 55.4 cm³/mol. The second-order valence-corrected chi connectivity index (χ2v) is 0. The number of hydrogen-bond acceptors (Lipinski definition) is 0. The zero-order chi connectivity index (χ0) is 0. The van der Waals surface area contributed by atoms with Crippen LogP contribution >= 0.6 is 0 Å². The molecule has 0 rings (SSSR count). The van der Waals surface area contributed by atoms with E-state index in [2.05, 4.69) is 0 Å². The van der Waals surface area contributed by atoms with Crippen molar-refractivity contribution in [1.82, 2.24) is 0 Å². The molecule has 0 saturated carbocycles. The number of hydrogen-bond donors (Lipinski definition) is 0. The molecule has 0 unspecified atom stereocenters. The molecule has 0 atom stereocenters. The molecular weight excluding hydrogens is 334 g/mol. The van der Waals surface area contributed by atoms with E-state index in [-0.39, 0.29) is 353 Å². The molecule has 10 heteroatoms. The normalized spacial score (nSPS) is 0. The van der Waals surface area contributed by atoms with Gasteiger partial charge in [0.05, 0.1) is 0 Å². The van der Waals surface area contributed by atoms with E-state index in [1.807, 2.05) is 0 Å². The summed E-state index contributed by atoms with van der Waals surface area (Å²) in [6.07, 6.45) is 0. The van der Waals surface area contributed by atoms with Gasteiger partial charge in [-0.25, -0.2) is 0 Å². The molecule has 0 spiro atoms. The fourth-order valence-electron chi connectivity index (χ4n) is 0. The SMILES string of the molecule is O.[Al].[K].[K].[K].[K].[K].[K].[Si].[Si]. The molecule has 0 aromatic carbocycles. The second kappa shape index (κ2) is 60.1. The molecule has 0 bridgehead atoms. The zero-order valence-electron chi connectivity index (χ0n) is 8.08. The fourth-order valence-corrected chi connectivity index (χ4v) is 0. The summed E-state index contributed by atoms with van der Waals surface area (Å²) in [4.78, 5) is 0. The summed E-state index contributed by atoms with van der Waals surface area (Å²) < 4.78 is 0. The summed E-state index contributed by atoms with van der Waals surface area (Å²) in [5.74, 6) is 0. The van der Waals surface area contributed by atoms with Crippen molar-refractivity contribution in [3.8, 4) is 0 Å². The Bertz CT molecular complexity index is 15.7. The van der Waals surface area contributed by atoms with Gasteiger partial charge in [-0.05, 0) is 0 Å². The van der Waals surface area contributed by atoms with E-state index in [4.69, 9.17) is 0 Å². The number of rotatable bonds is 0. The molecular formula is H2AlK6OSi2. The van der Waals surface area contributed by atoms with Crippen molar-refractivity contribution in [3.05, 3.63) is 0 Å². The van der Waals surface area contributed by atoms with Crippen molar-refractivity contribution in [3.63, 3.8) is 0 Å². The van der Waals surface area contributed by atoms with E-state index in [1.165, 1.54) is 0 Å². The second-order valence-electron chi connectivity index (χ2n) is 0. The van der Waals surface area contributed by atoms with Crippen molar-refractivity contribution < 1.29 is 5.48 Å². The molecule has 0 aromatic heterocycles. The van der Waals surface area contributed by atoms with Gasteiger partial charge in [-0.1, -0.05) is 0 Å². The van der Waals surface area contributed by atoms with Gasteiger partial charge in [-0.3, -0.25) is 0 Å². The van der Waals surface area contributed by atoms with Crippen molar-refractivity contribution in [2.24, 2.45) is 0 Å². The average Bonchev–Trinajstić information content (AvgIpc) is 0. The van der Waals surface area contributed by atoms with Gasteiger partial charge < -0.3 is 5.48 Å². The van der Waals surface area contributed by atoms with Gasteiger partial charge in [0.2, 0.25) is 0 Å². The molecule has 0 fully saturated rings. The van der Waals surface area contributed by atoms with E-state index in [0.29, 0.717) is 0 Å². The average molecular weight is 336 g/mol. The monoisotopic (exact) mass is 335 g/mol. The third-order valence-electron chi connectivity index (χ3n) is 0. The van der Waals surface area contributed by atoms with Crippen molar-refractivity contribution in [2.45, 2.75) is 0 Å². The quantitative estimate of drug-likeness (QED) is 0.402. The van der Waals surface area contributed by atoms with Gasteiger partial charge in [-0.2, -0.15) is 0 Å². The van der Waals surface area contributed by atoms with Crippen LogP contribution in [0.3, 0.4) is 0 Å². The summed E-state index contributed by atoms with van der Waals surface area (Å²) in [5.41, 5.74) is 0. The van der Waals surface area contributed by atoms with Gasteiger partial charge in [0.1, 0.15) is 0 Å². The third-order valence-corrected chi connectivity index (χ3v) is 0. The molecule has 0 aromatic rings. The van der Waals surface area contributed by atoms with E-state index in [1.54, 1.807) is 0 Å². The van der Waals surface area contributed by atoms with Crippen LogP contribution in [0.1, 0.15) is 0 Å². The zero-order valence-corrected chi connectivity index (χ0v) is 30.0. The Morgan fingerprint density at radius 2 is 0.400 bits per heavy atom. The Hall–Kier alpha value is 10.7. The maximum absolute atomic E-state index is 0. The molecule has 0 aliphatic heterocycles. The van der Waals surface area contributed by atoms with E-state index in [9.17, 15) is 0 Å². The minimum atomic E-state index is 0. The summed E-state index contributed by atoms with van der Waals surface area (Å²) in [7, 11) is 0. The Morgan fingerprint density at radius 1 is 0.400 bits per heavy atom. The Labute approximate surface area is 339 Å². The largest absolute Gasteiger partial charge is 0.412 e. The molecule has 0 aliphatic rings. The predicted octanol–water partition coefficient (Wildman–Crippen LogP) is -4.25. The van der Waals surface area contributed by atoms with Crippen LogP contribution in [0.25, 0.3) is 0 Å². The summed E-state index contributed by atoms with van der Waals surface area (Å²) in [6, 6.07) is 0. The maximum Gasteiger partial charge on any atom is 0 e. The van der Waals surface area contributed by atoms with Crippen LogP contribution < -0.4 is 0 Å². The molecule has 17 radical (unpaired) electrons. The smallest absolute Gasteiger partial charge is 0 e. The third kappa shape index (κ3) is 51.1. The van der Waals surface area contributed by atoms with Crippen molar-refractivity contribution in [2.75, 3.05) is 0 Å². The van der Waals surface area contributed by atoms with E-state index in [0.717, 1.165) is 0 Å². The molecule has 0 aliphatic carbocycles.